The summed E-state index contributed by atoms with van der Waals surface area (Å²) >= 11 is 0. The second-order valence-electron chi connectivity index (χ2n) is 3.00. The molecule has 0 fully saturated rings. The van der Waals surface area contributed by atoms with Gasteiger partial charge < -0.3 is 5.73 Å². The number of carbonyl (C=O) groups is 1. The topological polar surface area (TPSA) is 86.2 Å². The second kappa shape index (κ2) is 2.76. The highest BCUT2D eigenvalue weighted by molar-refractivity contribution is 5.94. The van der Waals surface area contributed by atoms with Crippen LogP contribution in [0.5, 0.6) is 0 Å². The van der Waals surface area contributed by atoms with Gasteiger partial charge >= 0.3 is 0 Å². The van der Waals surface area contributed by atoms with E-state index in [1.807, 2.05) is 0 Å². The number of rotatable bonds is 1. The molecule has 0 aromatic carbocycles. The van der Waals surface area contributed by atoms with E-state index >= 15 is 0 Å². The first-order chi connectivity index (χ1) is 6.59. The number of aromatic nitrogens is 4. The smallest absolute Gasteiger partial charge is 0.254 e. The van der Waals surface area contributed by atoms with Crippen LogP contribution >= 0.6 is 0 Å². The lowest BCUT2D eigenvalue weighted by molar-refractivity contribution is 0.101. The van der Waals surface area contributed by atoms with Crippen LogP contribution in [0.2, 0.25) is 0 Å². The summed E-state index contributed by atoms with van der Waals surface area (Å²) in [5.41, 5.74) is 6.65. The van der Waals surface area contributed by atoms with Crippen LogP contribution in [0.25, 0.3) is 5.78 Å². The number of aryl methyl sites for hydroxylation is 1. The third-order valence-electron chi connectivity index (χ3n) is 2.00. The molecule has 0 aliphatic rings. The molecule has 2 heterocycles. The normalized spacial score (nSPS) is 10.7. The molecule has 0 saturated carbocycles. The lowest BCUT2D eigenvalue weighted by Crippen LogP contribution is -2.05. The van der Waals surface area contributed by atoms with Gasteiger partial charge in [0.1, 0.15) is 0 Å². The van der Waals surface area contributed by atoms with Crippen LogP contribution in [-0.2, 0) is 0 Å². The molecule has 2 aromatic rings. The molecule has 2 aromatic heterocycles. The van der Waals surface area contributed by atoms with Gasteiger partial charge in [-0.25, -0.2) is 4.98 Å². The van der Waals surface area contributed by atoms with Gasteiger partial charge in [-0.15, -0.1) is 5.10 Å². The molecule has 0 aliphatic carbocycles. The predicted molar refractivity (Wildman–Crippen MR) is 49.9 cm³/mol. The van der Waals surface area contributed by atoms with Gasteiger partial charge in [0.25, 0.3) is 5.78 Å². The first-order valence-corrected chi connectivity index (χ1v) is 4.08. The summed E-state index contributed by atoms with van der Waals surface area (Å²) in [6.45, 7) is 3.26. The SMILES string of the molecule is CC(=O)c1cnc2nc(N)nn2c1C. The van der Waals surface area contributed by atoms with Crippen molar-refractivity contribution < 1.29 is 4.79 Å². The highest BCUT2D eigenvalue weighted by Crippen LogP contribution is 2.09. The fraction of sp³-hybridized carbons (Fsp3) is 0.250. The van der Waals surface area contributed by atoms with Gasteiger partial charge in [0, 0.05) is 6.20 Å². The summed E-state index contributed by atoms with van der Waals surface area (Å²) in [6.07, 6.45) is 1.49. The standard InChI is InChI=1S/C8H9N5O/c1-4-6(5(2)14)3-10-8-11-7(9)12-13(4)8/h3H,1-2H3,(H2,9,12). The maximum absolute atomic E-state index is 11.2. The van der Waals surface area contributed by atoms with Gasteiger partial charge in [-0.3, -0.25) is 4.79 Å². The molecule has 72 valence electrons. The van der Waals surface area contributed by atoms with E-state index in [9.17, 15) is 4.79 Å². The first-order valence-electron chi connectivity index (χ1n) is 4.08. The van der Waals surface area contributed by atoms with Crippen molar-refractivity contribution in [2.45, 2.75) is 13.8 Å². The fourth-order valence-corrected chi connectivity index (χ4v) is 1.30. The van der Waals surface area contributed by atoms with Crippen LogP contribution in [0.15, 0.2) is 6.20 Å². The highest BCUT2D eigenvalue weighted by atomic mass is 16.1. The van der Waals surface area contributed by atoms with Crippen LogP contribution < -0.4 is 5.73 Å². The number of nitrogens with zero attached hydrogens (tertiary/aromatic N) is 4. The van der Waals surface area contributed by atoms with Crippen molar-refractivity contribution in [2.75, 3.05) is 5.73 Å². The van der Waals surface area contributed by atoms with E-state index in [1.54, 1.807) is 6.92 Å². The van der Waals surface area contributed by atoms with Gasteiger partial charge in [0.2, 0.25) is 5.95 Å². The molecule has 0 amide bonds. The summed E-state index contributed by atoms with van der Waals surface area (Å²) in [5.74, 6) is 0.511. The van der Waals surface area contributed by atoms with Gasteiger partial charge in [0.05, 0.1) is 11.3 Å². The van der Waals surface area contributed by atoms with Crippen molar-refractivity contribution in [1.29, 1.82) is 0 Å². The molecule has 0 atom stereocenters. The molecule has 0 saturated heterocycles. The first kappa shape index (κ1) is 8.61. The van der Waals surface area contributed by atoms with Gasteiger partial charge in [-0.2, -0.15) is 9.50 Å². The molecule has 2 N–H and O–H groups in total. The zero-order chi connectivity index (χ0) is 10.3. The molecule has 2 rings (SSSR count). The van der Waals surface area contributed by atoms with Crippen molar-refractivity contribution in [3.05, 3.63) is 17.5 Å². The van der Waals surface area contributed by atoms with Crippen LogP contribution in [0, 0.1) is 6.92 Å². The minimum atomic E-state index is -0.0500. The molecule has 6 heteroatoms. The quantitative estimate of drug-likeness (QED) is 0.651. The van der Waals surface area contributed by atoms with E-state index in [1.165, 1.54) is 17.6 Å². The highest BCUT2D eigenvalue weighted by Gasteiger charge is 2.10. The number of Topliss-reactive ketones (excluding diaryl/α,β-unsaturated/α-hetero) is 1. The number of ketones is 1. The van der Waals surface area contributed by atoms with Gasteiger partial charge in [-0.1, -0.05) is 0 Å². The summed E-state index contributed by atoms with van der Waals surface area (Å²) in [7, 11) is 0. The van der Waals surface area contributed by atoms with E-state index in [-0.39, 0.29) is 11.7 Å². The molecule has 14 heavy (non-hydrogen) atoms. The summed E-state index contributed by atoms with van der Waals surface area (Å²) < 4.78 is 1.46. The number of anilines is 1. The van der Waals surface area contributed by atoms with Crippen LogP contribution in [-0.4, -0.2) is 25.4 Å². The average Bonchev–Trinajstić information content (AvgIpc) is 2.46. The number of nitrogens with two attached hydrogens (primary N) is 1. The van der Waals surface area contributed by atoms with Crippen LogP contribution in [0.1, 0.15) is 23.0 Å². The Kier molecular flexibility index (Phi) is 1.70. The predicted octanol–water partition coefficient (Wildman–Crippen LogP) is 0.218. The Bertz CT molecular complexity index is 516. The zero-order valence-corrected chi connectivity index (χ0v) is 7.85. The zero-order valence-electron chi connectivity index (χ0n) is 7.85. The Hall–Kier alpha value is -1.98. The van der Waals surface area contributed by atoms with Gasteiger partial charge in [-0.05, 0) is 13.8 Å². The van der Waals surface area contributed by atoms with E-state index in [0.717, 1.165) is 0 Å². The average molecular weight is 191 g/mol. The molecule has 0 unspecified atom stereocenters. The van der Waals surface area contributed by atoms with E-state index in [2.05, 4.69) is 15.1 Å². The van der Waals surface area contributed by atoms with E-state index in [4.69, 9.17) is 5.73 Å². The van der Waals surface area contributed by atoms with Crippen LogP contribution in [0.3, 0.4) is 0 Å². The fourth-order valence-electron chi connectivity index (χ4n) is 1.30. The Morgan fingerprint density at radius 1 is 1.57 bits per heavy atom. The Morgan fingerprint density at radius 3 is 2.93 bits per heavy atom. The summed E-state index contributed by atoms with van der Waals surface area (Å²) in [5, 5.41) is 3.92. The molecule has 0 spiro atoms. The number of hydrogen-bond acceptors (Lipinski definition) is 5. The monoisotopic (exact) mass is 191 g/mol. The lowest BCUT2D eigenvalue weighted by atomic mass is 10.2. The molecule has 6 nitrogen and oxygen atoms in total. The van der Waals surface area contributed by atoms with Crippen molar-refractivity contribution in [3.8, 4) is 0 Å². The summed E-state index contributed by atoms with van der Waals surface area (Å²) in [4.78, 5) is 19.0. The van der Waals surface area contributed by atoms with Crippen molar-refractivity contribution in [1.82, 2.24) is 19.6 Å². The third-order valence-corrected chi connectivity index (χ3v) is 2.00. The second-order valence-corrected chi connectivity index (χ2v) is 3.00. The van der Waals surface area contributed by atoms with E-state index < -0.39 is 0 Å². The number of hydrogen-bond donors (Lipinski definition) is 1. The maximum Gasteiger partial charge on any atom is 0.254 e. The van der Waals surface area contributed by atoms with E-state index in [0.29, 0.717) is 17.0 Å². The molecular formula is C8H9N5O. The molecule has 0 aliphatic heterocycles. The minimum absolute atomic E-state index is 0.0500. The number of nitrogen functional groups attached to an aromatic ring is 1. The van der Waals surface area contributed by atoms with Gasteiger partial charge in [0.15, 0.2) is 5.78 Å². The molecular weight excluding hydrogens is 182 g/mol. The minimum Gasteiger partial charge on any atom is -0.366 e. The van der Waals surface area contributed by atoms with Crippen molar-refractivity contribution >= 4 is 17.5 Å². The van der Waals surface area contributed by atoms with Crippen molar-refractivity contribution in [3.63, 3.8) is 0 Å². The van der Waals surface area contributed by atoms with Crippen molar-refractivity contribution in [2.24, 2.45) is 0 Å². The maximum atomic E-state index is 11.2. The Labute approximate surface area is 79.8 Å². The molecule has 0 radical (unpaired) electrons. The number of fused-ring (bicyclic) bond motifs is 1. The lowest BCUT2D eigenvalue weighted by Gasteiger charge is -2.01. The number of carbonyl (C=O) groups excluding carboxylic acids is 1. The molecule has 0 bridgehead atoms. The Morgan fingerprint density at radius 2 is 2.29 bits per heavy atom. The third kappa shape index (κ3) is 1.12. The van der Waals surface area contributed by atoms with Crippen LogP contribution in [0.4, 0.5) is 5.95 Å². The largest absolute Gasteiger partial charge is 0.366 e. The Balaban J connectivity index is 2.80. The summed E-state index contributed by atoms with van der Waals surface area (Å²) in [6, 6.07) is 0.